The molecule has 21 heavy (non-hydrogen) atoms. The molecule has 1 aliphatic carbocycles. The first-order valence-electron chi connectivity index (χ1n) is 7.38. The molecule has 116 valence electrons. The number of nitrogens with one attached hydrogen (secondary N) is 1. The Hall–Kier alpha value is -1.92. The maximum Gasteiger partial charge on any atom is 0.331 e. The molecule has 1 saturated carbocycles. The molecule has 0 saturated heterocycles. The van der Waals surface area contributed by atoms with Crippen molar-refractivity contribution < 1.29 is 14.3 Å². The standard InChI is InChI=1S/C14H22N4O3/c1-21-13(20)14(7-3-2-4-8-14)17-12(19)6-5-9-18-11-15-10-16-18/h10-11H,2-9H2,1H3,(H,17,19). The SMILES string of the molecule is COC(=O)C1(NC(=O)CCCn2cncn2)CCCCC1. The lowest BCUT2D eigenvalue weighted by atomic mass is 9.81. The number of aromatic nitrogens is 3. The fraction of sp³-hybridized carbons (Fsp3) is 0.714. The third kappa shape index (κ3) is 4.03. The number of esters is 1. The van der Waals surface area contributed by atoms with Crippen LogP contribution in [0.2, 0.25) is 0 Å². The number of nitrogens with zero attached hydrogens (tertiary/aromatic N) is 3. The summed E-state index contributed by atoms with van der Waals surface area (Å²) in [5.74, 6) is -0.436. The van der Waals surface area contributed by atoms with Gasteiger partial charge in [-0.1, -0.05) is 19.3 Å². The van der Waals surface area contributed by atoms with Crippen molar-refractivity contribution in [1.82, 2.24) is 20.1 Å². The van der Waals surface area contributed by atoms with Gasteiger partial charge in [0.25, 0.3) is 0 Å². The number of rotatable bonds is 6. The predicted octanol–water partition coefficient (Wildman–Crippen LogP) is 1.05. The van der Waals surface area contributed by atoms with Gasteiger partial charge in [0.1, 0.15) is 18.2 Å². The van der Waals surface area contributed by atoms with Gasteiger partial charge >= 0.3 is 5.97 Å². The molecule has 7 nitrogen and oxygen atoms in total. The topological polar surface area (TPSA) is 86.1 Å². The second kappa shape index (κ2) is 7.19. The minimum atomic E-state index is -0.822. The first-order valence-corrected chi connectivity index (χ1v) is 7.38. The summed E-state index contributed by atoms with van der Waals surface area (Å²) in [5, 5.41) is 6.89. The van der Waals surface area contributed by atoms with E-state index >= 15 is 0 Å². The molecular weight excluding hydrogens is 272 g/mol. The third-order valence-electron chi connectivity index (χ3n) is 3.92. The highest BCUT2D eigenvalue weighted by Crippen LogP contribution is 2.29. The molecule has 1 aromatic heterocycles. The molecule has 0 spiro atoms. The minimum absolute atomic E-state index is 0.109. The summed E-state index contributed by atoms with van der Waals surface area (Å²) in [6, 6.07) is 0. The number of carbonyl (C=O) groups excluding carboxylic acids is 2. The number of hydrogen-bond acceptors (Lipinski definition) is 5. The molecule has 0 atom stereocenters. The molecule has 1 aliphatic rings. The quantitative estimate of drug-likeness (QED) is 0.793. The Kier molecular flexibility index (Phi) is 5.30. The van der Waals surface area contributed by atoms with E-state index in [9.17, 15) is 9.59 Å². The zero-order chi connectivity index (χ0) is 15.1. The molecule has 1 N–H and O–H groups in total. The van der Waals surface area contributed by atoms with E-state index in [0.717, 1.165) is 19.3 Å². The van der Waals surface area contributed by atoms with E-state index in [4.69, 9.17) is 4.74 Å². The van der Waals surface area contributed by atoms with Crippen molar-refractivity contribution >= 4 is 11.9 Å². The summed E-state index contributed by atoms with van der Waals surface area (Å²) in [6.45, 7) is 0.638. The van der Waals surface area contributed by atoms with Crippen LogP contribution in [0.3, 0.4) is 0 Å². The molecule has 0 radical (unpaired) electrons. The Morgan fingerprint density at radius 3 is 2.71 bits per heavy atom. The van der Waals surface area contributed by atoms with Crippen LogP contribution in [-0.4, -0.2) is 39.3 Å². The molecule has 0 unspecified atom stereocenters. The van der Waals surface area contributed by atoms with Crippen LogP contribution >= 0.6 is 0 Å². The Bertz CT molecular complexity index is 467. The Labute approximate surface area is 124 Å². The summed E-state index contributed by atoms with van der Waals surface area (Å²) in [7, 11) is 1.37. The molecule has 1 amide bonds. The third-order valence-corrected chi connectivity index (χ3v) is 3.92. The Balaban J connectivity index is 1.84. The predicted molar refractivity (Wildman–Crippen MR) is 75.2 cm³/mol. The molecule has 1 fully saturated rings. The molecule has 7 heteroatoms. The van der Waals surface area contributed by atoms with Crippen molar-refractivity contribution in [2.24, 2.45) is 0 Å². The number of hydrogen-bond donors (Lipinski definition) is 1. The van der Waals surface area contributed by atoms with Crippen LogP contribution in [0, 0.1) is 0 Å². The molecular formula is C14H22N4O3. The number of aryl methyl sites for hydroxylation is 1. The van der Waals surface area contributed by atoms with Crippen LogP contribution in [0.4, 0.5) is 0 Å². The van der Waals surface area contributed by atoms with Crippen molar-refractivity contribution in [3.8, 4) is 0 Å². The van der Waals surface area contributed by atoms with Crippen molar-refractivity contribution in [3.63, 3.8) is 0 Å². The summed E-state index contributed by atoms with van der Waals surface area (Å²) in [6.07, 6.45) is 8.40. The summed E-state index contributed by atoms with van der Waals surface area (Å²) >= 11 is 0. The number of methoxy groups -OCH3 is 1. The molecule has 1 aromatic rings. The number of amides is 1. The van der Waals surface area contributed by atoms with Crippen LogP contribution in [0.15, 0.2) is 12.7 Å². The lowest BCUT2D eigenvalue weighted by Crippen LogP contribution is -2.56. The van der Waals surface area contributed by atoms with E-state index in [1.807, 2.05) is 0 Å². The van der Waals surface area contributed by atoms with Crippen molar-refractivity contribution in [3.05, 3.63) is 12.7 Å². The summed E-state index contributed by atoms with van der Waals surface area (Å²) in [4.78, 5) is 28.0. The molecule has 0 aromatic carbocycles. The van der Waals surface area contributed by atoms with Gasteiger partial charge in [0.2, 0.25) is 5.91 Å². The highest BCUT2D eigenvalue weighted by atomic mass is 16.5. The van der Waals surface area contributed by atoms with Crippen molar-refractivity contribution in [2.75, 3.05) is 7.11 Å². The second-order valence-corrected chi connectivity index (χ2v) is 5.44. The van der Waals surface area contributed by atoms with Crippen LogP contribution in [0.1, 0.15) is 44.9 Å². The largest absolute Gasteiger partial charge is 0.467 e. The highest BCUT2D eigenvalue weighted by molar-refractivity contribution is 5.88. The number of carbonyl (C=O) groups is 2. The van der Waals surface area contributed by atoms with E-state index < -0.39 is 5.54 Å². The molecule has 2 rings (SSSR count). The van der Waals surface area contributed by atoms with Crippen LogP contribution in [0.25, 0.3) is 0 Å². The number of ether oxygens (including phenoxy) is 1. The van der Waals surface area contributed by atoms with Crippen LogP contribution in [-0.2, 0) is 20.9 Å². The smallest absolute Gasteiger partial charge is 0.331 e. The van der Waals surface area contributed by atoms with Gasteiger partial charge in [-0.2, -0.15) is 5.10 Å². The molecule has 1 heterocycles. The highest BCUT2D eigenvalue weighted by Gasteiger charge is 2.41. The van der Waals surface area contributed by atoms with E-state index in [0.29, 0.717) is 32.2 Å². The van der Waals surface area contributed by atoms with Gasteiger partial charge in [0.15, 0.2) is 0 Å². The van der Waals surface area contributed by atoms with Crippen molar-refractivity contribution in [1.29, 1.82) is 0 Å². The van der Waals surface area contributed by atoms with E-state index in [1.165, 1.54) is 13.4 Å². The Morgan fingerprint density at radius 2 is 2.10 bits per heavy atom. The van der Waals surface area contributed by atoms with Gasteiger partial charge in [-0.05, 0) is 19.3 Å². The normalized spacial score (nSPS) is 17.2. The second-order valence-electron chi connectivity index (χ2n) is 5.44. The van der Waals surface area contributed by atoms with Crippen molar-refractivity contribution in [2.45, 2.75) is 57.0 Å². The van der Waals surface area contributed by atoms with E-state index in [1.54, 1.807) is 11.0 Å². The molecule has 0 aliphatic heterocycles. The lowest BCUT2D eigenvalue weighted by Gasteiger charge is -2.35. The average molecular weight is 294 g/mol. The first-order chi connectivity index (χ1) is 10.2. The monoisotopic (exact) mass is 294 g/mol. The van der Waals surface area contributed by atoms with Gasteiger partial charge in [-0.3, -0.25) is 9.48 Å². The van der Waals surface area contributed by atoms with Gasteiger partial charge in [0, 0.05) is 13.0 Å². The maximum atomic E-state index is 12.1. The van der Waals surface area contributed by atoms with Gasteiger partial charge < -0.3 is 10.1 Å². The summed E-state index contributed by atoms with van der Waals surface area (Å²) in [5.41, 5.74) is -0.822. The van der Waals surface area contributed by atoms with Gasteiger partial charge in [-0.15, -0.1) is 0 Å². The maximum absolute atomic E-state index is 12.1. The minimum Gasteiger partial charge on any atom is -0.467 e. The van der Waals surface area contributed by atoms with E-state index in [-0.39, 0.29) is 11.9 Å². The molecule has 0 bridgehead atoms. The van der Waals surface area contributed by atoms with Crippen LogP contribution in [0.5, 0.6) is 0 Å². The summed E-state index contributed by atoms with van der Waals surface area (Å²) < 4.78 is 6.57. The van der Waals surface area contributed by atoms with Gasteiger partial charge in [0.05, 0.1) is 7.11 Å². The average Bonchev–Trinajstić information content (AvgIpc) is 3.00. The Morgan fingerprint density at radius 1 is 1.33 bits per heavy atom. The lowest BCUT2D eigenvalue weighted by molar-refractivity contribution is -0.152. The fourth-order valence-electron chi connectivity index (χ4n) is 2.81. The zero-order valence-corrected chi connectivity index (χ0v) is 12.4. The van der Waals surface area contributed by atoms with E-state index in [2.05, 4.69) is 15.4 Å². The zero-order valence-electron chi connectivity index (χ0n) is 12.4. The van der Waals surface area contributed by atoms with Gasteiger partial charge in [-0.25, -0.2) is 9.78 Å². The van der Waals surface area contributed by atoms with Crippen LogP contribution < -0.4 is 5.32 Å². The fourth-order valence-corrected chi connectivity index (χ4v) is 2.81. The first kappa shape index (κ1) is 15.5.